The molecule has 8 heteroatoms. The number of allylic oxidation sites excluding steroid dienone is 1. The summed E-state index contributed by atoms with van der Waals surface area (Å²) in [6.07, 6.45) is 5.87. The number of hydrogen-bond donors (Lipinski definition) is 1. The van der Waals surface area contributed by atoms with Gasteiger partial charge in [-0.2, -0.15) is 18.6 Å². The van der Waals surface area contributed by atoms with Gasteiger partial charge in [-0.15, -0.1) is 0 Å². The van der Waals surface area contributed by atoms with E-state index in [0.29, 0.717) is 23.1 Å². The Morgan fingerprint density at radius 1 is 1.23 bits per heavy atom. The molecular weight excluding hydrogens is 467 g/mol. The summed E-state index contributed by atoms with van der Waals surface area (Å²) in [4.78, 5) is 11.3. The Labute approximate surface area is 211 Å². The second-order valence-corrected chi connectivity index (χ2v) is 8.91. The van der Waals surface area contributed by atoms with Crippen LogP contribution in [0, 0.1) is 11.7 Å². The van der Waals surface area contributed by atoms with Gasteiger partial charge in [-0.25, -0.2) is 9.07 Å². The number of carbonyl (C=O) groups is 1. The maximum absolute atomic E-state index is 14.6. The minimum Gasteiger partial charge on any atom is -0.497 e. The van der Waals surface area contributed by atoms with E-state index < -0.39 is 11.8 Å². The molecule has 0 radical (unpaired) electrons. The van der Waals surface area contributed by atoms with Crippen molar-refractivity contribution in [3.8, 4) is 17.2 Å². The van der Waals surface area contributed by atoms with Crippen molar-refractivity contribution in [2.24, 2.45) is 5.92 Å². The Hall–Kier alpha value is -3.26. The summed E-state index contributed by atoms with van der Waals surface area (Å²) in [6.45, 7) is 4.17. The predicted octanol–water partition coefficient (Wildman–Crippen LogP) is 6.10. The molecule has 1 fully saturated rings. The lowest BCUT2D eigenvalue weighted by Crippen LogP contribution is -2.08. The molecule has 3 aromatic rings. The molecule has 1 heterocycles. The minimum absolute atomic E-state index is 0. The van der Waals surface area contributed by atoms with Crippen LogP contribution < -0.4 is 9.47 Å². The summed E-state index contributed by atoms with van der Waals surface area (Å²) in [5, 5.41) is 13.7. The molecule has 1 saturated carbocycles. The van der Waals surface area contributed by atoms with Crippen LogP contribution in [0.15, 0.2) is 54.2 Å². The zero-order valence-corrected chi connectivity index (χ0v) is 21.1. The summed E-state index contributed by atoms with van der Waals surface area (Å²) >= 11 is 0. The number of carboxylic acid groups (broad SMARTS) is 1. The number of aliphatic carboxylic acids is 1. The lowest BCUT2D eigenvalue weighted by molar-refractivity contribution is -0.137. The highest BCUT2D eigenvalue weighted by molar-refractivity contribution is 7.59. The van der Waals surface area contributed by atoms with Gasteiger partial charge in [0, 0.05) is 11.6 Å². The largest absolute Gasteiger partial charge is 0.497 e. The first-order chi connectivity index (χ1) is 16.4. The zero-order valence-electron chi connectivity index (χ0n) is 20.1. The van der Waals surface area contributed by atoms with Gasteiger partial charge in [0.05, 0.1) is 25.4 Å². The highest BCUT2D eigenvalue weighted by atomic mass is 32.1. The number of nitrogens with zero attached hydrogens (tertiary/aromatic N) is 2. The van der Waals surface area contributed by atoms with Gasteiger partial charge < -0.3 is 14.6 Å². The van der Waals surface area contributed by atoms with E-state index in [1.54, 1.807) is 23.0 Å². The van der Waals surface area contributed by atoms with Gasteiger partial charge in [0.2, 0.25) is 0 Å². The van der Waals surface area contributed by atoms with Crippen LogP contribution in [-0.4, -0.2) is 28.0 Å². The molecule has 1 atom stereocenters. The molecule has 1 aliphatic rings. The number of benzene rings is 2. The first-order valence-electron chi connectivity index (χ1n) is 11.4. The van der Waals surface area contributed by atoms with Crippen LogP contribution in [0.4, 0.5) is 4.39 Å². The summed E-state index contributed by atoms with van der Waals surface area (Å²) in [7, 11) is 1.54. The van der Waals surface area contributed by atoms with Gasteiger partial charge in [-0.3, -0.25) is 4.79 Å². The molecule has 0 aliphatic heterocycles. The maximum Gasteiger partial charge on any atom is 0.303 e. The van der Waals surface area contributed by atoms with Crippen molar-refractivity contribution >= 4 is 25.5 Å². The topological polar surface area (TPSA) is 73.6 Å². The van der Waals surface area contributed by atoms with Crippen LogP contribution in [0.1, 0.15) is 55.8 Å². The molecule has 0 bridgehead atoms. The third kappa shape index (κ3) is 6.45. The average molecular weight is 499 g/mol. The van der Waals surface area contributed by atoms with Crippen molar-refractivity contribution in [3.63, 3.8) is 0 Å². The summed E-state index contributed by atoms with van der Waals surface area (Å²) in [5.74, 6) is 0.435. The van der Waals surface area contributed by atoms with Gasteiger partial charge in [0.15, 0.2) is 0 Å². The standard InChI is InChI=1S/C27H29FN2O4.H2S/c1-17(2)11-25-20(15-29-30(25)26-13-21(33-3)9-10-24(26)28)16-34-22-6-4-5-19(12-22)23(14-27(31)32)18-7-8-18;/h4-6,9-13,15,18,23H,7-8,14,16H2,1-3H3,(H,31,32);1H2/t23-;/m0./s1. The highest BCUT2D eigenvalue weighted by Crippen LogP contribution is 2.45. The van der Waals surface area contributed by atoms with Gasteiger partial charge in [-0.05, 0) is 74.4 Å². The van der Waals surface area contributed by atoms with Crippen molar-refractivity contribution in [2.75, 3.05) is 7.11 Å². The summed E-state index contributed by atoms with van der Waals surface area (Å²) in [5.41, 5.74) is 3.85. The molecule has 0 unspecified atom stereocenters. The van der Waals surface area contributed by atoms with E-state index in [-0.39, 0.29) is 32.4 Å². The smallest absolute Gasteiger partial charge is 0.303 e. The molecule has 0 amide bonds. The molecule has 6 nitrogen and oxygen atoms in total. The Bertz CT molecular complexity index is 1220. The van der Waals surface area contributed by atoms with Gasteiger partial charge in [0.25, 0.3) is 0 Å². The number of ether oxygens (including phenoxy) is 2. The Morgan fingerprint density at radius 2 is 2.00 bits per heavy atom. The molecule has 1 aromatic heterocycles. The second-order valence-electron chi connectivity index (χ2n) is 8.91. The van der Waals surface area contributed by atoms with E-state index in [4.69, 9.17) is 9.47 Å². The van der Waals surface area contributed by atoms with Crippen molar-refractivity contribution in [2.45, 2.75) is 45.6 Å². The van der Waals surface area contributed by atoms with Gasteiger partial charge >= 0.3 is 5.97 Å². The van der Waals surface area contributed by atoms with Crippen molar-refractivity contribution < 1.29 is 23.8 Å². The number of halogens is 1. The molecule has 1 N–H and O–H groups in total. The molecule has 186 valence electrons. The monoisotopic (exact) mass is 498 g/mol. The number of rotatable bonds is 10. The molecule has 1 aliphatic carbocycles. The Kier molecular flexibility index (Phi) is 8.62. The molecule has 2 aromatic carbocycles. The van der Waals surface area contributed by atoms with Crippen molar-refractivity contribution in [1.29, 1.82) is 0 Å². The van der Waals surface area contributed by atoms with E-state index in [2.05, 4.69) is 5.10 Å². The first-order valence-corrected chi connectivity index (χ1v) is 11.4. The third-order valence-electron chi connectivity index (χ3n) is 5.96. The number of methoxy groups -OCH3 is 1. The van der Waals surface area contributed by atoms with Crippen LogP contribution in [0.2, 0.25) is 0 Å². The molecule has 35 heavy (non-hydrogen) atoms. The summed E-state index contributed by atoms with van der Waals surface area (Å²) < 4.78 is 27.5. The van der Waals surface area contributed by atoms with Gasteiger partial charge in [-0.1, -0.05) is 17.7 Å². The van der Waals surface area contributed by atoms with Crippen molar-refractivity contribution in [1.82, 2.24) is 9.78 Å². The quantitative estimate of drug-likeness (QED) is 0.365. The van der Waals surface area contributed by atoms with Crippen molar-refractivity contribution in [3.05, 3.63) is 76.9 Å². The molecule has 0 saturated heterocycles. The molecule has 0 spiro atoms. The first kappa shape index (κ1) is 26.3. The van der Waals surface area contributed by atoms with Crippen LogP contribution >= 0.6 is 13.5 Å². The SMILES string of the molecule is COc1ccc(F)c(-n2ncc(COc3cccc([C@@H](CC(=O)O)C4CC4)c3)c2C=C(C)C)c1.S. The molecular formula is C27H31FN2O4S. The fraction of sp³-hybridized carbons (Fsp3) is 0.333. The van der Waals surface area contributed by atoms with E-state index in [9.17, 15) is 14.3 Å². The van der Waals surface area contributed by atoms with E-state index in [0.717, 1.165) is 35.2 Å². The zero-order chi connectivity index (χ0) is 24.2. The van der Waals surface area contributed by atoms with E-state index in [1.165, 1.54) is 13.2 Å². The Morgan fingerprint density at radius 3 is 2.66 bits per heavy atom. The third-order valence-corrected chi connectivity index (χ3v) is 5.96. The normalized spacial score (nSPS) is 13.5. The Balaban J connectivity index is 0.00000342. The minimum atomic E-state index is -0.785. The predicted molar refractivity (Wildman–Crippen MR) is 138 cm³/mol. The fourth-order valence-corrected chi connectivity index (χ4v) is 4.14. The van der Waals surface area contributed by atoms with Crippen LogP contribution in [-0.2, 0) is 11.4 Å². The van der Waals surface area contributed by atoms with E-state index in [1.807, 2.05) is 44.2 Å². The van der Waals surface area contributed by atoms with E-state index >= 15 is 0 Å². The summed E-state index contributed by atoms with van der Waals surface area (Å²) in [6, 6.07) is 12.2. The van der Waals surface area contributed by atoms with Gasteiger partial charge in [0.1, 0.15) is 29.6 Å². The highest BCUT2D eigenvalue weighted by Gasteiger charge is 2.33. The number of carboxylic acids is 1. The lowest BCUT2D eigenvalue weighted by atomic mass is 9.91. The second kappa shape index (κ2) is 11.4. The lowest BCUT2D eigenvalue weighted by Gasteiger charge is -2.16. The number of aromatic nitrogens is 2. The van der Waals surface area contributed by atoms with Crippen LogP contribution in [0.3, 0.4) is 0 Å². The number of hydrogen-bond acceptors (Lipinski definition) is 4. The van der Waals surface area contributed by atoms with Crippen LogP contribution in [0.5, 0.6) is 11.5 Å². The average Bonchev–Trinajstić information content (AvgIpc) is 3.58. The molecule has 4 rings (SSSR count). The fourth-order valence-electron chi connectivity index (χ4n) is 4.14. The van der Waals surface area contributed by atoms with Crippen LogP contribution in [0.25, 0.3) is 11.8 Å². The maximum atomic E-state index is 14.6.